The molecule has 2 atom stereocenters. The maximum Gasteiger partial charge on any atom is 0.231 e. The fourth-order valence-electron chi connectivity index (χ4n) is 2.72. The zero-order valence-electron chi connectivity index (χ0n) is 14.2. The Morgan fingerprint density at radius 1 is 1.09 bits per heavy atom. The third kappa shape index (κ3) is 6.84. The SMILES string of the molecule is Br.CCCCCCCCS(=O)C(C)Cc1ccc2c(c1)OCO2. The minimum atomic E-state index is -0.743. The Morgan fingerprint density at radius 2 is 1.78 bits per heavy atom. The summed E-state index contributed by atoms with van der Waals surface area (Å²) in [7, 11) is -0.743. The summed E-state index contributed by atoms with van der Waals surface area (Å²) in [5.41, 5.74) is 1.17. The summed E-state index contributed by atoms with van der Waals surface area (Å²) in [6.45, 7) is 4.61. The van der Waals surface area contributed by atoms with E-state index in [-0.39, 0.29) is 22.2 Å². The van der Waals surface area contributed by atoms with Crippen LogP contribution in [0.2, 0.25) is 0 Å². The van der Waals surface area contributed by atoms with E-state index in [1.807, 2.05) is 18.2 Å². The fourth-order valence-corrected chi connectivity index (χ4v) is 3.99. The minimum absolute atomic E-state index is 0. The lowest BCUT2D eigenvalue weighted by Gasteiger charge is -2.12. The predicted molar refractivity (Wildman–Crippen MR) is 102 cm³/mol. The van der Waals surface area contributed by atoms with Crippen LogP contribution in [0.1, 0.15) is 57.9 Å². The third-order valence-electron chi connectivity index (χ3n) is 4.11. The lowest BCUT2D eigenvalue weighted by molar-refractivity contribution is 0.174. The summed E-state index contributed by atoms with van der Waals surface area (Å²) >= 11 is 0. The van der Waals surface area contributed by atoms with E-state index in [1.54, 1.807) is 0 Å². The highest BCUT2D eigenvalue weighted by Crippen LogP contribution is 2.33. The van der Waals surface area contributed by atoms with Gasteiger partial charge in [0.05, 0.1) is 0 Å². The molecule has 0 saturated carbocycles. The Kier molecular flexibility index (Phi) is 9.88. The van der Waals surface area contributed by atoms with Gasteiger partial charge in [0.1, 0.15) is 0 Å². The molecular weight excluding hydrogens is 376 g/mol. The van der Waals surface area contributed by atoms with Gasteiger partial charge in [-0.15, -0.1) is 17.0 Å². The van der Waals surface area contributed by atoms with Gasteiger partial charge in [-0.1, -0.05) is 52.0 Å². The normalized spacial score (nSPS) is 15.0. The number of ether oxygens (including phenoxy) is 2. The third-order valence-corrected chi connectivity index (χ3v) is 5.86. The topological polar surface area (TPSA) is 35.5 Å². The van der Waals surface area contributed by atoms with Crippen molar-refractivity contribution >= 4 is 27.8 Å². The molecule has 0 radical (unpaired) electrons. The predicted octanol–water partition coefficient (Wildman–Crippen LogP) is 5.03. The number of fused-ring (bicyclic) bond motifs is 1. The molecule has 1 aromatic carbocycles. The van der Waals surface area contributed by atoms with Gasteiger partial charge in [-0.3, -0.25) is 4.21 Å². The van der Waals surface area contributed by atoms with E-state index in [2.05, 4.69) is 13.8 Å². The molecule has 5 heteroatoms. The molecule has 0 bridgehead atoms. The maximum atomic E-state index is 12.3. The van der Waals surface area contributed by atoms with E-state index in [1.165, 1.54) is 37.7 Å². The summed E-state index contributed by atoms with van der Waals surface area (Å²) in [5.74, 6) is 2.45. The molecule has 1 heterocycles. The zero-order valence-corrected chi connectivity index (χ0v) is 16.7. The van der Waals surface area contributed by atoms with E-state index in [0.29, 0.717) is 6.79 Å². The Labute approximate surface area is 153 Å². The molecule has 1 aliphatic rings. The second kappa shape index (κ2) is 11.1. The Balaban J connectivity index is 0.00000264. The van der Waals surface area contributed by atoms with E-state index >= 15 is 0 Å². The number of hydrogen-bond acceptors (Lipinski definition) is 3. The molecule has 1 aromatic rings. The molecule has 0 aromatic heterocycles. The highest BCUT2D eigenvalue weighted by Gasteiger charge is 2.16. The molecule has 0 fully saturated rings. The van der Waals surface area contributed by atoms with Crippen molar-refractivity contribution in [2.45, 2.75) is 64.0 Å². The van der Waals surface area contributed by atoms with Gasteiger partial charge in [-0.25, -0.2) is 0 Å². The van der Waals surface area contributed by atoms with E-state index in [9.17, 15) is 4.21 Å². The van der Waals surface area contributed by atoms with E-state index in [4.69, 9.17) is 9.47 Å². The molecule has 0 aliphatic carbocycles. The molecular formula is C18H29BrO3S. The van der Waals surface area contributed by atoms with Crippen LogP contribution in [-0.2, 0) is 17.2 Å². The van der Waals surface area contributed by atoms with Crippen LogP contribution >= 0.6 is 17.0 Å². The molecule has 0 spiro atoms. The Morgan fingerprint density at radius 3 is 2.57 bits per heavy atom. The van der Waals surface area contributed by atoms with Crippen molar-refractivity contribution in [2.24, 2.45) is 0 Å². The van der Waals surface area contributed by atoms with Crippen molar-refractivity contribution < 1.29 is 13.7 Å². The quantitative estimate of drug-likeness (QED) is 0.512. The molecule has 3 nitrogen and oxygen atoms in total. The van der Waals surface area contributed by atoms with Crippen LogP contribution in [0.25, 0.3) is 0 Å². The van der Waals surface area contributed by atoms with Gasteiger partial charge in [-0.2, -0.15) is 0 Å². The lowest BCUT2D eigenvalue weighted by atomic mass is 10.1. The summed E-state index contributed by atoms with van der Waals surface area (Å²) < 4.78 is 23.0. The van der Waals surface area contributed by atoms with Crippen molar-refractivity contribution in [3.05, 3.63) is 23.8 Å². The van der Waals surface area contributed by atoms with Crippen LogP contribution in [-0.4, -0.2) is 22.0 Å². The van der Waals surface area contributed by atoms with Gasteiger partial charge in [0.2, 0.25) is 6.79 Å². The standard InChI is InChI=1S/C18H28O3S.BrH/c1-3-4-5-6-7-8-11-22(19)15(2)12-16-9-10-17-18(13-16)21-14-20-17;/h9-10,13,15H,3-8,11-12,14H2,1-2H3;1H. The Bertz CT molecular complexity index is 493. The van der Waals surface area contributed by atoms with Gasteiger partial charge in [-0.05, 0) is 30.5 Å². The first-order chi connectivity index (χ1) is 10.7. The maximum absolute atomic E-state index is 12.3. The minimum Gasteiger partial charge on any atom is -0.454 e. The molecule has 23 heavy (non-hydrogen) atoms. The van der Waals surface area contributed by atoms with Crippen LogP contribution < -0.4 is 9.47 Å². The summed E-state index contributed by atoms with van der Waals surface area (Å²) in [6, 6.07) is 6.01. The van der Waals surface area contributed by atoms with E-state index in [0.717, 1.165) is 30.1 Å². The summed E-state index contributed by atoms with van der Waals surface area (Å²) in [6.07, 6.45) is 8.32. The average molecular weight is 405 g/mol. The number of rotatable bonds is 10. The summed E-state index contributed by atoms with van der Waals surface area (Å²) in [4.78, 5) is 0. The first-order valence-electron chi connectivity index (χ1n) is 8.46. The molecule has 132 valence electrons. The number of unbranched alkanes of at least 4 members (excludes halogenated alkanes) is 5. The Hall–Kier alpha value is -0.550. The van der Waals surface area contributed by atoms with Crippen LogP contribution in [0.3, 0.4) is 0 Å². The van der Waals surface area contributed by atoms with Gasteiger partial charge in [0, 0.05) is 21.8 Å². The highest BCUT2D eigenvalue weighted by atomic mass is 79.9. The van der Waals surface area contributed by atoms with Crippen molar-refractivity contribution in [3.8, 4) is 11.5 Å². The highest BCUT2D eigenvalue weighted by molar-refractivity contribution is 8.93. The molecule has 2 unspecified atom stereocenters. The average Bonchev–Trinajstić information content (AvgIpc) is 2.98. The zero-order chi connectivity index (χ0) is 15.8. The van der Waals surface area contributed by atoms with Crippen LogP contribution in [0.5, 0.6) is 11.5 Å². The smallest absolute Gasteiger partial charge is 0.231 e. The van der Waals surface area contributed by atoms with Crippen LogP contribution in [0, 0.1) is 0 Å². The van der Waals surface area contributed by atoms with Crippen molar-refractivity contribution in [1.82, 2.24) is 0 Å². The van der Waals surface area contributed by atoms with Crippen molar-refractivity contribution in [3.63, 3.8) is 0 Å². The van der Waals surface area contributed by atoms with Crippen molar-refractivity contribution in [1.29, 1.82) is 0 Å². The van der Waals surface area contributed by atoms with Crippen molar-refractivity contribution in [2.75, 3.05) is 12.5 Å². The van der Waals surface area contributed by atoms with Crippen LogP contribution in [0.4, 0.5) is 0 Å². The number of halogens is 1. The van der Waals surface area contributed by atoms with Gasteiger partial charge in [0.15, 0.2) is 11.5 Å². The fraction of sp³-hybridized carbons (Fsp3) is 0.667. The van der Waals surface area contributed by atoms with Gasteiger partial charge < -0.3 is 9.47 Å². The number of hydrogen-bond donors (Lipinski definition) is 0. The van der Waals surface area contributed by atoms with Gasteiger partial charge in [0.25, 0.3) is 0 Å². The molecule has 1 aliphatic heterocycles. The lowest BCUT2D eigenvalue weighted by Crippen LogP contribution is -2.16. The van der Waals surface area contributed by atoms with Crippen LogP contribution in [0.15, 0.2) is 18.2 Å². The largest absolute Gasteiger partial charge is 0.454 e. The second-order valence-corrected chi connectivity index (χ2v) is 8.03. The molecule has 0 N–H and O–H groups in total. The first-order valence-corrected chi connectivity index (χ1v) is 9.84. The molecule has 2 rings (SSSR count). The van der Waals surface area contributed by atoms with Gasteiger partial charge >= 0.3 is 0 Å². The molecule has 0 amide bonds. The summed E-state index contributed by atoms with van der Waals surface area (Å²) in [5, 5.41) is 0.191. The van der Waals surface area contributed by atoms with E-state index < -0.39 is 10.8 Å². The monoisotopic (exact) mass is 404 g/mol. The number of benzene rings is 1. The first kappa shape index (κ1) is 20.5. The second-order valence-electron chi connectivity index (χ2n) is 6.05. The molecule has 0 saturated heterocycles.